The number of anilines is 2. The first kappa shape index (κ1) is 26.2. The Morgan fingerprint density at radius 1 is 0.892 bits per heavy atom. The molecular formula is C24H20F6N6O. The molecule has 0 amide bonds. The van der Waals surface area contributed by atoms with Crippen molar-refractivity contribution < 1.29 is 31.1 Å². The summed E-state index contributed by atoms with van der Waals surface area (Å²) in [6.07, 6.45) is -7.02. The highest BCUT2D eigenvalue weighted by atomic mass is 19.4. The zero-order valence-electron chi connectivity index (χ0n) is 19.5. The van der Waals surface area contributed by atoms with Crippen molar-refractivity contribution in [1.29, 1.82) is 0 Å². The molecule has 0 aliphatic carbocycles. The normalized spacial score (nSPS) is 12.4. The van der Waals surface area contributed by atoms with E-state index in [0.717, 1.165) is 18.3 Å². The molecule has 4 aromatic rings. The van der Waals surface area contributed by atoms with Crippen molar-refractivity contribution in [3.63, 3.8) is 0 Å². The maximum atomic E-state index is 13.5. The molecular weight excluding hydrogens is 502 g/mol. The standard InChI is InChI=1S/C24H20F6N6O/c1-13(2)11-37-12-19-35-21(33-14-5-8-18(32-10-14)24(28,29)30)15-6-7-17(34-22(15)36-19)20-16(23(25,26)27)4-3-9-31-20/h3-10,13H,11-12H2,1-2H3,(H,33,34,35,36). The van der Waals surface area contributed by atoms with Crippen molar-refractivity contribution in [2.45, 2.75) is 32.8 Å². The maximum Gasteiger partial charge on any atom is 0.433 e. The predicted octanol–water partition coefficient (Wildman–Crippen LogP) is 6.44. The Kier molecular flexibility index (Phi) is 7.25. The van der Waals surface area contributed by atoms with E-state index >= 15 is 0 Å². The lowest BCUT2D eigenvalue weighted by atomic mass is 10.1. The molecule has 0 aromatic carbocycles. The summed E-state index contributed by atoms with van der Waals surface area (Å²) >= 11 is 0. The minimum absolute atomic E-state index is 0.0165. The van der Waals surface area contributed by atoms with Gasteiger partial charge in [-0.2, -0.15) is 26.3 Å². The van der Waals surface area contributed by atoms with Crippen LogP contribution in [0.5, 0.6) is 0 Å². The molecule has 13 heteroatoms. The Labute approximate surface area is 207 Å². The minimum atomic E-state index is -4.65. The van der Waals surface area contributed by atoms with E-state index < -0.39 is 23.6 Å². The fourth-order valence-electron chi connectivity index (χ4n) is 3.34. The average molecular weight is 522 g/mol. The van der Waals surface area contributed by atoms with Crippen LogP contribution in [0.3, 0.4) is 0 Å². The summed E-state index contributed by atoms with van der Waals surface area (Å²) in [7, 11) is 0. The van der Waals surface area contributed by atoms with E-state index in [2.05, 4.69) is 30.2 Å². The van der Waals surface area contributed by atoms with Gasteiger partial charge in [-0.25, -0.2) is 19.9 Å². The molecule has 4 aromatic heterocycles. The molecule has 0 spiro atoms. The zero-order chi connectivity index (χ0) is 26.8. The third kappa shape index (κ3) is 6.28. The van der Waals surface area contributed by atoms with E-state index in [0.29, 0.717) is 12.0 Å². The second-order valence-corrected chi connectivity index (χ2v) is 8.42. The Hall–Kier alpha value is -3.87. The van der Waals surface area contributed by atoms with E-state index in [1.807, 2.05) is 13.8 Å². The van der Waals surface area contributed by atoms with Crippen LogP contribution in [0.1, 0.15) is 30.9 Å². The first-order valence-electron chi connectivity index (χ1n) is 11.0. The number of rotatable bonds is 7. The van der Waals surface area contributed by atoms with Crippen molar-refractivity contribution in [1.82, 2.24) is 24.9 Å². The van der Waals surface area contributed by atoms with Gasteiger partial charge in [0.15, 0.2) is 11.5 Å². The van der Waals surface area contributed by atoms with Gasteiger partial charge >= 0.3 is 12.4 Å². The summed E-state index contributed by atoms with van der Waals surface area (Å²) in [5.41, 5.74) is -2.18. The van der Waals surface area contributed by atoms with E-state index in [1.165, 1.54) is 30.5 Å². The molecule has 1 N–H and O–H groups in total. The van der Waals surface area contributed by atoms with Crippen molar-refractivity contribution in [3.8, 4) is 11.4 Å². The molecule has 4 heterocycles. The fourth-order valence-corrected chi connectivity index (χ4v) is 3.34. The van der Waals surface area contributed by atoms with Crippen LogP contribution in [-0.2, 0) is 23.7 Å². The van der Waals surface area contributed by atoms with Crippen LogP contribution in [-0.4, -0.2) is 31.5 Å². The second-order valence-electron chi connectivity index (χ2n) is 8.42. The van der Waals surface area contributed by atoms with Crippen LogP contribution >= 0.6 is 0 Å². The number of pyridine rings is 3. The number of fused-ring (bicyclic) bond motifs is 1. The van der Waals surface area contributed by atoms with Crippen molar-refractivity contribution >= 4 is 22.5 Å². The Morgan fingerprint density at radius 2 is 1.68 bits per heavy atom. The number of hydrogen-bond acceptors (Lipinski definition) is 7. The molecule has 0 saturated carbocycles. The molecule has 37 heavy (non-hydrogen) atoms. The summed E-state index contributed by atoms with van der Waals surface area (Å²) in [4.78, 5) is 20.3. The molecule has 0 atom stereocenters. The van der Waals surface area contributed by atoms with Crippen molar-refractivity contribution in [2.24, 2.45) is 5.92 Å². The molecule has 0 unspecified atom stereocenters. The number of aromatic nitrogens is 5. The van der Waals surface area contributed by atoms with Crippen LogP contribution in [0.2, 0.25) is 0 Å². The quantitative estimate of drug-likeness (QED) is 0.280. The van der Waals surface area contributed by atoms with Gasteiger partial charge in [0.25, 0.3) is 0 Å². The predicted molar refractivity (Wildman–Crippen MR) is 123 cm³/mol. The van der Waals surface area contributed by atoms with E-state index in [4.69, 9.17) is 4.74 Å². The third-order valence-electron chi connectivity index (χ3n) is 4.96. The molecule has 0 aliphatic rings. The molecule has 0 aliphatic heterocycles. The number of ether oxygens (including phenoxy) is 1. The van der Waals surface area contributed by atoms with Crippen molar-refractivity contribution in [2.75, 3.05) is 11.9 Å². The van der Waals surface area contributed by atoms with Gasteiger partial charge in [0.2, 0.25) is 0 Å². The number of hydrogen-bond donors (Lipinski definition) is 1. The van der Waals surface area contributed by atoms with Gasteiger partial charge in [-0.1, -0.05) is 13.8 Å². The fraction of sp³-hybridized carbons (Fsp3) is 0.292. The average Bonchev–Trinajstić information content (AvgIpc) is 2.83. The van der Waals surface area contributed by atoms with E-state index in [-0.39, 0.29) is 46.9 Å². The number of halogens is 6. The molecule has 0 saturated heterocycles. The lowest BCUT2D eigenvalue weighted by Crippen LogP contribution is -2.10. The van der Waals surface area contributed by atoms with Gasteiger partial charge in [-0.15, -0.1) is 0 Å². The highest BCUT2D eigenvalue weighted by molar-refractivity contribution is 5.90. The van der Waals surface area contributed by atoms with Gasteiger partial charge in [0, 0.05) is 12.8 Å². The van der Waals surface area contributed by atoms with Crippen LogP contribution < -0.4 is 5.32 Å². The lowest BCUT2D eigenvalue weighted by Gasteiger charge is -2.14. The van der Waals surface area contributed by atoms with Gasteiger partial charge < -0.3 is 10.1 Å². The maximum absolute atomic E-state index is 13.5. The van der Waals surface area contributed by atoms with Gasteiger partial charge in [-0.05, 0) is 42.3 Å². The minimum Gasteiger partial charge on any atom is -0.373 e. The van der Waals surface area contributed by atoms with Gasteiger partial charge in [0.1, 0.15) is 23.8 Å². The Bertz CT molecular complexity index is 1390. The topological polar surface area (TPSA) is 85.7 Å². The lowest BCUT2D eigenvalue weighted by molar-refractivity contribution is -0.141. The molecule has 0 radical (unpaired) electrons. The monoisotopic (exact) mass is 522 g/mol. The summed E-state index contributed by atoms with van der Waals surface area (Å²) in [6.45, 7) is 4.29. The Balaban J connectivity index is 1.77. The first-order chi connectivity index (χ1) is 17.4. The smallest absolute Gasteiger partial charge is 0.373 e. The van der Waals surface area contributed by atoms with Crippen LogP contribution in [0.4, 0.5) is 37.8 Å². The van der Waals surface area contributed by atoms with Gasteiger partial charge in [-0.3, -0.25) is 4.98 Å². The van der Waals surface area contributed by atoms with Crippen LogP contribution in [0.25, 0.3) is 22.4 Å². The zero-order valence-corrected chi connectivity index (χ0v) is 19.5. The second kappa shape index (κ2) is 10.2. The number of nitrogens with one attached hydrogen (secondary N) is 1. The highest BCUT2D eigenvalue weighted by Crippen LogP contribution is 2.36. The van der Waals surface area contributed by atoms with Gasteiger partial charge in [0.05, 0.1) is 28.5 Å². The van der Waals surface area contributed by atoms with Crippen LogP contribution in [0.15, 0.2) is 48.8 Å². The summed E-state index contributed by atoms with van der Waals surface area (Å²) in [5.74, 6) is 0.578. The number of nitrogens with zero attached hydrogens (tertiary/aromatic N) is 5. The summed E-state index contributed by atoms with van der Waals surface area (Å²) in [6, 6.07) is 6.89. The Morgan fingerprint density at radius 3 is 2.32 bits per heavy atom. The number of alkyl halides is 6. The van der Waals surface area contributed by atoms with Crippen LogP contribution in [0, 0.1) is 5.92 Å². The first-order valence-corrected chi connectivity index (χ1v) is 11.0. The largest absolute Gasteiger partial charge is 0.433 e. The molecule has 7 nitrogen and oxygen atoms in total. The third-order valence-corrected chi connectivity index (χ3v) is 4.96. The van der Waals surface area contributed by atoms with Crippen molar-refractivity contribution in [3.05, 3.63) is 65.9 Å². The van der Waals surface area contributed by atoms with E-state index in [1.54, 1.807) is 0 Å². The molecule has 4 rings (SSSR count). The van der Waals surface area contributed by atoms with E-state index in [9.17, 15) is 26.3 Å². The molecule has 194 valence electrons. The summed E-state index contributed by atoms with van der Waals surface area (Å²) < 4.78 is 84.8. The highest BCUT2D eigenvalue weighted by Gasteiger charge is 2.35. The molecule has 0 fully saturated rings. The summed E-state index contributed by atoms with van der Waals surface area (Å²) in [5, 5.41) is 3.21. The molecule has 0 bridgehead atoms. The SMILES string of the molecule is CC(C)COCc1nc(Nc2ccc(C(F)(F)F)nc2)c2ccc(-c3ncccc3C(F)(F)F)nc2n1.